The molecule has 0 amide bonds. The van der Waals surface area contributed by atoms with Crippen LogP contribution in [0.4, 0.5) is 4.39 Å². The van der Waals surface area contributed by atoms with Crippen LogP contribution < -0.4 is 11.1 Å². The van der Waals surface area contributed by atoms with Gasteiger partial charge in [-0.3, -0.25) is 0 Å². The molecule has 18 heavy (non-hydrogen) atoms. The van der Waals surface area contributed by atoms with Crippen molar-refractivity contribution in [2.24, 2.45) is 10.9 Å². The highest BCUT2D eigenvalue weighted by Gasteiger charge is 2.16. The SMILES string of the molecule is CCC(NC(C)c1ccc(C)c(F)c1)C(N)=NO. The Kier molecular flexibility index (Phi) is 5.09. The number of rotatable bonds is 5. The lowest BCUT2D eigenvalue weighted by molar-refractivity contribution is 0.313. The molecule has 0 bridgehead atoms. The molecule has 2 atom stereocenters. The van der Waals surface area contributed by atoms with E-state index in [0.717, 1.165) is 5.56 Å². The molecule has 0 aromatic heterocycles. The molecule has 2 unspecified atom stereocenters. The molecule has 4 nitrogen and oxygen atoms in total. The first kappa shape index (κ1) is 14.4. The van der Waals surface area contributed by atoms with Gasteiger partial charge in [0, 0.05) is 6.04 Å². The third-order valence-electron chi connectivity index (χ3n) is 3.03. The first-order valence-corrected chi connectivity index (χ1v) is 5.99. The Balaban J connectivity index is 2.80. The van der Waals surface area contributed by atoms with Gasteiger partial charge in [0.1, 0.15) is 5.82 Å². The van der Waals surface area contributed by atoms with E-state index < -0.39 is 0 Å². The van der Waals surface area contributed by atoms with Crippen LogP contribution in [0.15, 0.2) is 23.4 Å². The van der Waals surface area contributed by atoms with Gasteiger partial charge in [-0.05, 0) is 37.5 Å². The van der Waals surface area contributed by atoms with Crippen molar-refractivity contribution in [1.82, 2.24) is 5.32 Å². The fourth-order valence-corrected chi connectivity index (χ4v) is 1.76. The molecule has 4 N–H and O–H groups in total. The zero-order chi connectivity index (χ0) is 13.7. The maximum absolute atomic E-state index is 13.5. The molecule has 1 aromatic rings. The van der Waals surface area contributed by atoms with E-state index in [1.165, 1.54) is 6.07 Å². The van der Waals surface area contributed by atoms with Gasteiger partial charge in [-0.2, -0.15) is 0 Å². The summed E-state index contributed by atoms with van der Waals surface area (Å²) < 4.78 is 13.5. The third kappa shape index (κ3) is 3.43. The fourth-order valence-electron chi connectivity index (χ4n) is 1.76. The number of halogens is 1. The van der Waals surface area contributed by atoms with Crippen molar-refractivity contribution < 1.29 is 9.60 Å². The van der Waals surface area contributed by atoms with E-state index >= 15 is 0 Å². The zero-order valence-electron chi connectivity index (χ0n) is 10.9. The highest BCUT2D eigenvalue weighted by molar-refractivity contribution is 5.85. The molecule has 0 heterocycles. The summed E-state index contributed by atoms with van der Waals surface area (Å²) in [5.74, 6) is -0.0880. The highest BCUT2D eigenvalue weighted by Crippen LogP contribution is 2.17. The van der Waals surface area contributed by atoms with E-state index in [1.54, 1.807) is 13.0 Å². The van der Waals surface area contributed by atoms with Crippen LogP contribution in [-0.4, -0.2) is 17.1 Å². The smallest absolute Gasteiger partial charge is 0.156 e. The number of nitrogens with two attached hydrogens (primary N) is 1. The molecule has 0 radical (unpaired) electrons. The number of hydrogen-bond acceptors (Lipinski definition) is 3. The predicted octanol–water partition coefficient (Wildman–Crippen LogP) is 2.31. The summed E-state index contributed by atoms with van der Waals surface area (Å²) in [6, 6.07) is 4.81. The number of benzene rings is 1. The minimum Gasteiger partial charge on any atom is -0.409 e. The number of nitrogens with one attached hydrogen (secondary N) is 1. The zero-order valence-corrected chi connectivity index (χ0v) is 10.9. The number of hydrogen-bond donors (Lipinski definition) is 3. The topological polar surface area (TPSA) is 70.6 Å². The third-order valence-corrected chi connectivity index (χ3v) is 3.03. The lowest BCUT2D eigenvalue weighted by Gasteiger charge is -2.21. The van der Waals surface area contributed by atoms with Gasteiger partial charge in [0.2, 0.25) is 0 Å². The standard InChI is InChI=1S/C13H20FN3O/c1-4-12(13(15)17-18)16-9(3)10-6-5-8(2)11(14)7-10/h5-7,9,12,16,18H,4H2,1-3H3,(H2,15,17). The highest BCUT2D eigenvalue weighted by atomic mass is 19.1. The summed E-state index contributed by atoms with van der Waals surface area (Å²) in [6.45, 7) is 5.57. The second-order valence-corrected chi connectivity index (χ2v) is 4.38. The molecule has 0 aliphatic carbocycles. The van der Waals surface area contributed by atoms with Crippen molar-refractivity contribution >= 4 is 5.84 Å². The van der Waals surface area contributed by atoms with E-state index in [-0.39, 0.29) is 23.7 Å². The van der Waals surface area contributed by atoms with Crippen LogP contribution in [0.25, 0.3) is 0 Å². The predicted molar refractivity (Wildman–Crippen MR) is 70.2 cm³/mol. The quantitative estimate of drug-likeness (QED) is 0.326. The molecule has 0 fully saturated rings. The van der Waals surface area contributed by atoms with Crippen LogP contribution in [0.3, 0.4) is 0 Å². The molecular formula is C13H20FN3O. The minimum absolute atomic E-state index is 0.0784. The van der Waals surface area contributed by atoms with Crippen molar-refractivity contribution in [3.8, 4) is 0 Å². The Morgan fingerprint density at radius 1 is 1.56 bits per heavy atom. The maximum atomic E-state index is 13.5. The molecule has 0 saturated carbocycles. The largest absolute Gasteiger partial charge is 0.409 e. The van der Waals surface area contributed by atoms with Crippen molar-refractivity contribution in [3.05, 3.63) is 35.1 Å². The molecule has 100 valence electrons. The Bertz CT molecular complexity index is 434. The van der Waals surface area contributed by atoms with Gasteiger partial charge in [0.15, 0.2) is 5.84 Å². The second kappa shape index (κ2) is 6.35. The Labute approximate surface area is 107 Å². The number of aryl methyl sites for hydroxylation is 1. The summed E-state index contributed by atoms with van der Waals surface area (Å²) in [4.78, 5) is 0. The van der Waals surface area contributed by atoms with Gasteiger partial charge < -0.3 is 16.3 Å². The van der Waals surface area contributed by atoms with Gasteiger partial charge in [0.25, 0.3) is 0 Å². The Morgan fingerprint density at radius 3 is 2.72 bits per heavy atom. The first-order chi connectivity index (χ1) is 8.49. The van der Waals surface area contributed by atoms with Gasteiger partial charge in [-0.25, -0.2) is 4.39 Å². The van der Waals surface area contributed by atoms with Gasteiger partial charge >= 0.3 is 0 Å². The van der Waals surface area contributed by atoms with E-state index in [0.29, 0.717) is 12.0 Å². The van der Waals surface area contributed by atoms with Crippen LogP contribution in [0.2, 0.25) is 0 Å². The number of oxime groups is 1. The van der Waals surface area contributed by atoms with Crippen LogP contribution >= 0.6 is 0 Å². The fraction of sp³-hybridized carbons (Fsp3) is 0.462. The van der Waals surface area contributed by atoms with E-state index in [2.05, 4.69) is 10.5 Å². The summed E-state index contributed by atoms with van der Waals surface area (Å²) in [5, 5.41) is 14.9. The summed E-state index contributed by atoms with van der Waals surface area (Å²) >= 11 is 0. The maximum Gasteiger partial charge on any atom is 0.156 e. The van der Waals surface area contributed by atoms with E-state index in [1.807, 2.05) is 19.9 Å². The minimum atomic E-state index is -0.227. The van der Waals surface area contributed by atoms with Crippen molar-refractivity contribution in [1.29, 1.82) is 0 Å². The monoisotopic (exact) mass is 253 g/mol. The van der Waals surface area contributed by atoms with Gasteiger partial charge in [0.05, 0.1) is 6.04 Å². The van der Waals surface area contributed by atoms with Crippen molar-refractivity contribution in [3.63, 3.8) is 0 Å². The summed E-state index contributed by atoms with van der Waals surface area (Å²) in [7, 11) is 0. The molecule has 0 aliphatic heterocycles. The van der Waals surface area contributed by atoms with Gasteiger partial charge in [-0.1, -0.05) is 24.2 Å². The van der Waals surface area contributed by atoms with Gasteiger partial charge in [-0.15, -0.1) is 0 Å². The average Bonchev–Trinajstić information content (AvgIpc) is 2.37. The first-order valence-electron chi connectivity index (χ1n) is 5.99. The normalized spacial score (nSPS) is 15.4. The molecule has 0 aliphatic rings. The lowest BCUT2D eigenvalue weighted by atomic mass is 10.0. The van der Waals surface area contributed by atoms with Crippen molar-refractivity contribution in [2.45, 2.75) is 39.3 Å². The number of nitrogens with zero attached hydrogens (tertiary/aromatic N) is 1. The van der Waals surface area contributed by atoms with Crippen LogP contribution in [0.5, 0.6) is 0 Å². The second-order valence-electron chi connectivity index (χ2n) is 4.38. The lowest BCUT2D eigenvalue weighted by Crippen LogP contribution is -2.42. The van der Waals surface area contributed by atoms with E-state index in [4.69, 9.17) is 10.9 Å². The Hall–Kier alpha value is -1.62. The van der Waals surface area contributed by atoms with E-state index in [9.17, 15) is 4.39 Å². The van der Waals surface area contributed by atoms with Crippen LogP contribution in [-0.2, 0) is 0 Å². The summed E-state index contributed by atoms with van der Waals surface area (Å²) in [5.41, 5.74) is 7.03. The molecule has 1 aromatic carbocycles. The molecule has 0 saturated heterocycles. The average molecular weight is 253 g/mol. The molecule has 5 heteroatoms. The Morgan fingerprint density at radius 2 is 2.22 bits per heavy atom. The number of amidine groups is 1. The summed E-state index contributed by atoms with van der Waals surface area (Å²) in [6.07, 6.45) is 0.689. The molecule has 0 spiro atoms. The van der Waals surface area contributed by atoms with Crippen LogP contribution in [0.1, 0.15) is 37.4 Å². The van der Waals surface area contributed by atoms with Crippen molar-refractivity contribution in [2.75, 3.05) is 0 Å². The molecule has 1 rings (SSSR count). The molecular weight excluding hydrogens is 233 g/mol. The van der Waals surface area contributed by atoms with Crippen LogP contribution in [0, 0.1) is 12.7 Å².